The number of nitrogens with one attached hydrogen (secondary N) is 2. The molecule has 1 unspecified atom stereocenters. The second-order valence-electron chi connectivity index (χ2n) is 11.3. The van der Waals surface area contributed by atoms with Crippen molar-refractivity contribution in [2.24, 2.45) is 0 Å². The summed E-state index contributed by atoms with van der Waals surface area (Å²) in [5.41, 5.74) is 1.34. The number of hydrogen-bond donors (Lipinski definition) is 3. The summed E-state index contributed by atoms with van der Waals surface area (Å²) in [7, 11) is 1.15. The number of ether oxygens (including phenoxy) is 2. The minimum Gasteiger partial charge on any atom is -0.444 e. The van der Waals surface area contributed by atoms with E-state index < -0.39 is 23.1 Å². The van der Waals surface area contributed by atoms with Crippen LogP contribution in [-0.2, 0) is 15.4 Å². The normalized spacial score (nSPS) is 15.6. The minimum atomic E-state index is -2.39. The number of benzene rings is 1. The highest BCUT2D eigenvalue weighted by Gasteiger charge is 2.34. The van der Waals surface area contributed by atoms with E-state index in [2.05, 4.69) is 25.6 Å². The Morgan fingerprint density at radius 3 is 2.52 bits per heavy atom. The summed E-state index contributed by atoms with van der Waals surface area (Å²) >= 11 is 6.31. The summed E-state index contributed by atoms with van der Waals surface area (Å²) in [6, 6.07) is 7.84. The lowest BCUT2D eigenvalue weighted by molar-refractivity contribution is -0.172. The first-order valence-electron chi connectivity index (χ1n) is 13.9. The molecule has 0 spiro atoms. The molecule has 4 aromatic rings. The van der Waals surface area contributed by atoms with Crippen molar-refractivity contribution in [1.82, 2.24) is 24.8 Å². The van der Waals surface area contributed by atoms with Crippen molar-refractivity contribution in [3.05, 3.63) is 71.3 Å². The average Bonchev–Trinajstić information content (AvgIpc) is 2.97. The third kappa shape index (κ3) is 6.95. The molecular formula is C30H32ClF2N7O4. The SMILES string of the molecule is COC(O)(Nc1cc(-c2ccc3ncnc(NC4CCN(C(=O)OC(C)(C)C)CC4)c3n2)cnc1Cl)c1ccc(F)cc1F. The van der Waals surface area contributed by atoms with Gasteiger partial charge in [0.25, 0.3) is 5.91 Å². The number of pyridine rings is 2. The number of amides is 1. The van der Waals surface area contributed by atoms with Gasteiger partial charge in [0.05, 0.1) is 22.5 Å². The molecule has 3 aromatic heterocycles. The van der Waals surface area contributed by atoms with Gasteiger partial charge in [-0.3, -0.25) is 0 Å². The lowest BCUT2D eigenvalue weighted by atomic mass is 10.1. The minimum absolute atomic E-state index is 0.0315. The highest BCUT2D eigenvalue weighted by atomic mass is 35.5. The van der Waals surface area contributed by atoms with Crippen LogP contribution < -0.4 is 10.6 Å². The van der Waals surface area contributed by atoms with Crippen molar-refractivity contribution in [2.75, 3.05) is 30.8 Å². The number of rotatable bonds is 7. The molecule has 1 aromatic carbocycles. The van der Waals surface area contributed by atoms with E-state index in [-0.39, 0.29) is 28.5 Å². The van der Waals surface area contributed by atoms with Crippen molar-refractivity contribution in [3.8, 4) is 11.3 Å². The summed E-state index contributed by atoms with van der Waals surface area (Å²) in [5.74, 6) is -3.68. The number of carbonyl (C=O) groups is 1. The zero-order valence-corrected chi connectivity index (χ0v) is 25.3. The van der Waals surface area contributed by atoms with Gasteiger partial charge in [-0.2, -0.15) is 0 Å². The van der Waals surface area contributed by atoms with Crippen molar-refractivity contribution < 1.29 is 28.2 Å². The number of hydrogen-bond acceptors (Lipinski definition) is 10. The van der Waals surface area contributed by atoms with Crippen LogP contribution in [0.2, 0.25) is 5.15 Å². The summed E-state index contributed by atoms with van der Waals surface area (Å²) in [5, 5.41) is 17.2. The van der Waals surface area contributed by atoms with Crippen LogP contribution in [0.4, 0.5) is 25.1 Å². The maximum atomic E-state index is 14.5. The lowest BCUT2D eigenvalue weighted by Crippen LogP contribution is -2.44. The van der Waals surface area contributed by atoms with Gasteiger partial charge >= 0.3 is 6.09 Å². The predicted octanol–water partition coefficient (Wildman–Crippen LogP) is 5.69. The number of nitrogens with zero attached hydrogens (tertiary/aromatic N) is 5. The number of aromatic nitrogens is 4. The molecule has 1 aliphatic rings. The number of fused-ring (bicyclic) bond motifs is 1. The summed E-state index contributed by atoms with van der Waals surface area (Å²) in [6.07, 6.45) is 4.00. The first-order chi connectivity index (χ1) is 20.8. The third-order valence-electron chi connectivity index (χ3n) is 7.00. The quantitative estimate of drug-likeness (QED) is 0.173. The molecule has 14 heteroatoms. The molecule has 44 heavy (non-hydrogen) atoms. The largest absolute Gasteiger partial charge is 0.444 e. The van der Waals surface area contributed by atoms with Gasteiger partial charge in [-0.25, -0.2) is 33.5 Å². The van der Waals surface area contributed by atoms with Crippen LogP contribution in [0.15, 0.2) is 48.9 Å². The van der Waals surface area contributed by atoms with Crippen LogP contribution in [0, 0.1) is 11.6 Å². The van der Waals surface area contributed by atoms with Gasteiger partial charge in [0, 0.05) is 44.1 Å². The molecule has 0 aliphatic carbocycles. The Bertz CT molecular complexity index is 1680. The van der Waals surface area contributed by atoms with E-state index in [1.54, 1.807) is 23.1 Å². The van der Waals surface area contributed by atoms with Gasteiger partial charge < -0.3 is 30.1 Å². The van der Waals surface area contributed by atoms with Crippen molar-refractivity contribution in [3.63, 3.8) is 0 Å². The molecule has 232 valence electrons. The molecule has 1 atom stereocenters. The predicted molar refractivity (Wildman–Crippen MR) is 161 cm³/mol. The summed E-state index contributed by atoms with van der Waals surface area (Å²) in [6.45, 7) is 6.60. The Labute approximate surface area is 257 Å². The topological polar surface area (TPSA) is 135 Å². The second-order valence-corrected chi connectivity index (χ2v) is 11.7. The van der Waals surface area contributed by atoms with Gasteiger partial charge in [0.2, 0.25) is 0 Å². The fourth-order valence-corrected chi connectivity index (χ4v) is 4.93. The molecule has 0 radical (unpaired) electrons. The zero-order valence-electron chi connectivity index (χ0n) is 24.6. The van der Waals surface area contributed by atoms with E-state index in [0.29, 0.717) is 60.1 Å². The number of likely N-dealkylation sites (tertiary alicyclic amines) is 1. The Hall–Kier alpha value is -4.20. The molecule has 1 fully saturated rings. The van der Waals surface area contributed by atoms with Crippen LogP contribution in [0.25, 0.3) is 22.3 Å². The van der Waals surface area contributed by atoms with Crippen LogP contribution in [-0.4, -0.2) is 67.9 Å². The van der Waals surface area contributed by atoms with Gasteiger partial charge in [0.15, 0.2) is 11.0 Å². The Morgan fingerprint density at radius 2 is 1.84 bits per heavy atom. The van der Waals surface area contributed by atoms with E-state index >= 15 is 0 Å². The molecule has 1 saturated heterocycles. The van der Waals surface area contributed by atoms with E-state index in [1.807, 2.05) is 20.8 Å². The second kappa shape index (κ2) is 12.4. The number of halogens is 3. The first-order valence-corrected chi connectivity index (χ1v) is 14.3. The smallest absolute Gasteiger partial charge is 0.410 e. The molecule has 4 heterocycles. The molecule has 5 rings (SSSR count). The fourth-order valence-electron chi connectivity index (χ4n) is 4.78. The summed E-state index contributed by atoms with van der Waals surface area (Å²) < 4.78 is 38.7. The maximum absolute atomic E-state index is 14.5. The Balaban J connectivity index is 1.37. The van der Waals surface area contributed by atoms with Gasteiger partial charge in [-0.1, -0.05) is 11.6 Å². The highest BCUT2D eigenvalue weighted by molar-refractivity contribution is 6.32. The number of carbonyl (C=O) groups excluding carboxylic acids is 1. The van der Waals surface area contributed by atoms with Crippen LogP contribution in [0.3, 0.4) is 0 Å². The van der Waals surface area contributed by atoms with Gasteiger partial charge in [0.1, 0.15) is 29.1 Å². The number of anilines is 2. The van der Waals surface area contributed by atoms with E-state index in [4.69, 9.17) is 26.1 Å². The number of methoxy groups -OCH3 is 1. The molecule has 1 aliphatic heterocycles. The zero-order chi connectivity index (χ0) is 31.6. The van der Waals surface area contributed by atoms with Crippen LogP contribution in [0.5, 0.6) is 0 Å². The maximum Gasteiger partial charge on any atom is 0.410 e. The Kier molecular flexibility index (Phi) is 8.82. The van der Waals surface area contributed by atoms with E-state index in [9.17, 15) is 18.7 Å². The van der Waals surface area contributed by atoms with E-state index in [0.717, 1.165) is 19.2 Å². The monoisotopic (exact) mass is 627 g/mol. The highest BCUT2D eigenvalue weighted by Crippen LogP contribution is 2.33. The van der Waals surface area contributed by atoms with Gasteiger partial charge in [-0.05, 0) is 63.9 Å². The average molecular weight is 628 g/mol. The third-order valence-corrected chi connectivity index (χ3v) is 7.30. The lowest BCUT2D eigenvalue weighted by Gasteiger charge is -2.33. The Morgan fingerprint density at radius 1 is 1.09 bits per heavy atom. The van der Waals surface area contributed by atoms with E-state index in [1.165, 1.54) is 12.5 Å². The van der Waals surface area contributed by atoms with Crippen molar-refractivity contribution >= 4 is 40.2 Å². The first kappa shape index (κ1) is 31.2. The number of aliphatic hydroxyl groups is 1. The molecule has 0 bridgehead atoms. The standard InChI is InChI=1S/C30H32ClF2N7O4/c1-29(2,3)44-28(41)40-11-9-19(10-12-40)37-27-25-23(35-16-36-27)8-7-22(38-25)17-13-24(26(31)34-15-17)39-30(42,43-4)20-6-5-18(32)14-21(20)33/h5-8,13-16,19,39,42H,9-12H2,1-4H3,(H,35,36,37). The van der Waals surface area contributed by atoms with Crippen molar-refractivity contribution in [1.29, 1.82) is 0 Å². The van der Waals surface area contributed by atoms with Crippen LogP contribution >= 0.6 is 11.6 Å². The van der Waals surface area contributed by atoms with Crippen LogP contribution in [0.1, 0.15) is 39.2 Å². The number of piperidine rings is 1. The summed E-state index contributed by atoms with van der Waals surface area (Å²) in [4.78, 5) is 31.9. The molecule has 1 amide bonds. The fraction of sp³-hybridized carbons (Fsp3) is 0.367. The van der Waals surface area contributed by atoms with Gasteiger partial charge in [-0.15, -0.1) is 0 Å². The molecule has 11 nitrogen and oxygen atoms in total. The molecular weight excluding hydrogens is 596 g/mol. The van der Waals surface area contributed by atoms with Crippen molar-refractivity contribution in [2.45, 2.75) is 51.2 Å². The molecule has 3 N–H and O–H groups in total. The molecule has 0 saturated carbocycles.